The molecular weight excluding hydrogens is 426 g/mol. The van der Waals surface area contributed by atoms with Gasteiger partial charge in [0.1, 0.15) is 0 Å². The average Bonchev–Trinajstić information content (AvgIpc) is 2.51. The molecule has 0 radical (unpaired) electrons. The van der Waals surface area contributed by atoms with E-state index in [2.05, 4.69) is 78.0 Å². The number of benzene rings is 2. The van der Waals surface area contributed by atoms with Crippen LogP contribution in [0.3, 0.4) is 0 Å². The monoisotopic (exact) mass is 440 g/mol. The second-order valence-electron chi connectivity index (χ2n) is 5.46. The maximum atomic E-state index is 6.58. The van der Waals surface area contributed by atoms with Gasteiger partial charge in [0.05, 0.1) is 10.1 Å². The number of hydrogen-bond donors (Lipinski definition) is 0. The molecule has 22 heavy (non-hydrogen) atoms. The summed E-state index contributed by atoms with van der Waals surface area (Å²) in [4.78, 5) is 0. The Morgan fingerprint density at radius 3 is 2.00 bits per heavy atom. The van der Waals surface area contributed by atoms with Crippen molar-refractivity contribution in [1.82, 2.24) is 0 Å². The summed E-state index contributed by atoms with van der Waals surface area (Å²) in [5.74, 6) is 0. The molecule has 0 aliphatic heterocycles. The highest BCUT2D eigenvalue weighted by molar-refractivity contribution is 14.1. The van der Waals surface area contributed by atoms with Crippen LogP contribution in [0.25, 0.3) is 11.1 Å². The Labute approximate surface area is 155 Å². The number of rotatable bonds is 2. The molecule has 3 heteroatoms. The van der Waals surface area contributed by atoms with Gasteiger partial charge in [-0.1, -0.05) is 65.2 Å². The molecule has 1 aliphatic rings. The summed E-state index contributed by atoms with van der Waals surface area (Å²) in [6, 6.07) is 16.8. The van der Waals surface area contributed by atoms with Gasteiger partial charge in [-0.2, -0.15) is 0 Å². The van der Waals surface area contributed by atoms with Crippen molar-refractivity contribution in [2.75, 3.05) is 0 Å². The standard InChI is InChI=1S/C19H15Cl2I/c1-12-5-7-13(8-6-12)16-9-10-17(19(21)18(16)20)14-3-2-4-15(22)11-14/h2-8,11H,9-10H2,1H3. The van der Waals surface area contributed by atoms with Crippen LogP contribution in [-0.2, 0) is 0 Å². The summed E-state index contributed by atoms with van der Waals surface area (Å²) in [6.45, 7) is 2.09. The maximum Gasteiger partial charge on any atom is 0.0633 e. The minimum absolute atomic E-state index is 0.686. The third-order valence-corrected chi connectivity index (χ3v) is 5.52. The molecule has 0 fully saturated rings. The van der Waals surface area contributed by atoms with E-state index in [0.717, 1.165) is 35.1 Å². The largest absolute Gasteiger partial charge is 0.0824 e. The van der Waals surface area contributed by atoms with Gasteiger partial charge < -0.3 is 0 Å². The van der Waals surface area contributed by atoms with Gasteiger partial charge in [0.25, 0.3) is 0 Å². The Balaban J connectivity index is 2.05. The lowest BCUT2D eigenvalue weighted by Gasteiger charge is -2.21. The summed E-state index contributed by atoms with van der Waals surface area (Å²) < 4.78 is 1.21. The first-order valence-electron chi connectivity index (χ1n) is 7.17. The average molecular weight is 441 g/mol. The van der Waals surface area contributed by atoms with Crippen molar-refractivity contribution in [1.29, 1.82) is 0 Å². The quantitative estimate of drug-likeness (QED) is 0.441. The van der Waals surface area contributed by atoms with Crippen LogP contribution in [-0.4, -0.2) is 0 Å². The van der Waals surface area contributed by atoms with Crippen LogP contribution >= 0.6 is 45.8 Å². The van der Waals surface area contributed by atoms with E-state index in [1.54, 1.807) is 0 Å². The Kier molecular flexibility index (Phi) is 4.96. The summed E-state index contributed by atoms with van der Waals surface area (Å²) in [5.41, 5.74) is 5.85. The molecule has 2 aromatic rings. The van der Waals surface area contributed by atoms with E-state index >= 15 is 0 Å². The van der Waals surface area contributed by atoms with Gasteiger partial charge in [-0.15, -0.1) is 0 Å². The molecule has 0 heterocycles. The van der Waals surface area contributed by atoms with Crippen LogP contribution in [0.15, 0.2) is 58.6 Å². The first kappa shape index (κ1) is 16.1. The van der Waals surface area contributed by atoms with E-state index in [1.165, 1.54) is 9.13 Å². The van der Waals surface area contributed by atoms with Crippen LogP contribution in [0, 0.1) is 10.5 Å². The molecule has 0 saturated heterocycles. The molecule has 0 aromatic heterocycles. The van der Waals surface area contributed by atoms with Gasteiger partial charge in [0, 0.05) is 3.57 Å². The van der Waals surface area contributed by atoms with Crippen LogP contribution in [0.1, 0.15) is 29.5 Å². The van der Waals surface area contributed by atoms with Crippen molar-refractivity contribution in [3.8, 4) is 0 Å². The fraction of sp³-hybridized carbons (Fsp3) is 0.158. The van der Waals surface area contributed by atoms with Gasteiger partial charge in [0.15, 0.2) is 0 Å². The van der Waals surface area contributed by atoms with Gasteiger partial charge >= 0.3 is 0 Å². The van der Waals surface area contributed by atoms with Crippen molar-refractivity contribution in [2.24, 2.45) is 0 Å². The van der Waals surface area contributed by atoms with Crippen molar-refractivity contribution in [3.63, 3.8) is 0 Å². The minimum atomic E-state index is 0.686. The molecule has 0 spiro atoms. The van der Waals surface area contributed by atoms with Crippen molar-refractivity contribution in [3.05, 3.63) is 78.9 Å². The van der Waals surface area contributed by atoms with E-state index < -0.39 is 0 Å². The van der Waals surface area contributed by atoms with E-state index in [1.807, 2.05) is 0 Å². The third-order valence-electron chi connectivity index (χ3n) is 3.92. The Bertz CT molecular complexity index is 770. The predicted octanol–water partition coefficient (Wildman–Crippen LogP) is 6.99. The van der Waals surface area contributed by atoms with E-state index in [0.29, 0.717) is 10.1 Å². The molecule has 0 amide bonds. The van der Waals surface area contributed by atoms with Crippen molar-refractivity contribution < 1.29 is 0 Å². The molecule has 1 aliphatic carbocycles. The SMILES string of the molecule is Cc1ccc(C2=C(Cl)C(Cl)=C(c3cccc(I)c3)CC2)cc1. The van der Waals surface area contributed by atoms with Crippen LogP contribution < -0.4 is 0 Å². The Morgan fingerprint density at radius 2 is 1.41 bits per heavy atom. The number of allylic oxidation sites excluding steroid dienone is 4. The number of aryl methyl sites for hydroxylation is 1. The Hall–Kier alpha value is -0.770. The topological polar surface area (TPSA) is 0 Å². The lowest BCUT2D eigenvalue weighted by molar-refractivity contribution is 1.06. The Morgan fingerprint density at radius 1 is 0.818 bits per heavy atom. The van der Waals surface area contributed by atoms with Crippen LogP contribution in [0.5, 0.6) is 0 Å². The fourth-order valence-electron chi connectivity index (χ4n) is 2.71. The van der Waals surface area contributed by atoms with E-state index in [9.17, 15) is 0 Å². The minimum Gasteiger partial charge on any atom is -0.0824 e. The summed E-state index contributed by atoms with van der Waals surface area (Å²) >= 11 is 15.5. The third kappa shape index (κ3) is 3.27. The highest BCUT2D eigenvalue weighted by Gasteiger charge is 2.21. The van der Waals surface area contributed by atoms with Crippen molar-refractivity contribution in [2.45, 2.75) is 19.8 Å². The maximum absolute atomic E-state index is 6.58. The van der Waals surface area contributed by atoms with Gasteiger partial charge in [0.2, 0.25) is 0 Å². The summed E-state index contributed by atoms with van der Waals surface area (Å²) in [5, 5.41) is 1.37. The molecule has 3 rings (SSSR count). The fourth-order valence-corrected chi connectivity index (χ4v) is 3.89. The van der Waals surface area contributed by atoms with Crippen molar-refractivity contribution >= 4 is 56.9 Å². The van der Waals surface area contributed by atoms with E-state index in [-0.39, 0.29) is 0 Å². The lowest BCUT2D eigenvalue weighted by Crippen LogP contribution is -2.00. The molecule has 0 unspecified atom stereocenters. The zero-order chi connectivity index (χ0) is 15.7. The van der Waals surface area contributed by atoms with Gasteiger partial charge in [-0.05, 0) is 76.8 Å². The number of hydrogen-bond acceptors (Lipinski definition) is 0. The number of halogens is 3. The highest BCUT2D eigenvalue weighted by Crippen LogP contribution is 2.43. The molecular formula is C19H15Cl2I. The molecule has 112 valence electrons. The second kappa shape index (κ2) is 6.77. The van der Waals surface area contributed by atoms with Gasteiger partial charge in [-0.3, -0.25) is 0 Å². The first-order valence-corrected chi connectivity index (χ1v) is 9.00. The zero-order valence-electron chi connectivity index (χ0n) is 12.2. The second-order valence-corrected chi connectivity index (χ2v) is 7.46. The smallest absolute Gasteiger partial charge is 0.0633 e. The van der Waals surface area contributed by atoms with Crippen LogP contribution in [0.4, 0.5) is 0 Å². The molecule has 0 N–H and O–H groups in total. The lowest BCUT2D eigenvalue weighted by atomic mass is 9.89. The highest BCUT2D eigenvalue weighted by atomic mass is 127. The molecule has 0 bridgehead atoms. The summed E-state index contributed by atoms with van der Waals surface area (Å²) in [6.07, 6.45) is 1.83. The molecule has 0 saturated carbocycles. The van der Waals surface area contributed by atoms with Gasteiger partial charge in [-0.25, -0.2) is 0 Å². The molecule has 2 aromatic carbocycles. The van der Waals surface area contributed by atoms with Crippen LogP contribution in [0.2, 0.25) is 0 Å². The molecule has 0 atom stereocenters. The van der Waals surface area contributed by atoms with E-state index in [4.69, 9.17) is 23.2 Å². The molecule has 0 nitrogen and oxygen atoms in total. The normalized spacial score (nSPS) is 15.5. The first-order chi connectivity index (χ1) is 10.6. The zero-order valence-corrected chi connectivity index (χ0v) is 15.8. The predicted molar refractivity (Wildman–Crippen MR) is 105 cm³/mol. The summed E-state index contributed by atoms with van der Waals surface area (Å²) in [7, 11) is 0.